The van der Waals surface area contributed by atoms with Gasteiger partial charge in [0.15, 0.2) is 0 Å². The van der Waals surface area contributed by atoms with Crippen molar-refractivity contribution < 1.29 is 14.2 Å². The predicted octanol–water partition coefficient (Wildman–Crippen LogP) is 2.76. The lowest BCUT2D eigenvalue weighted by Crippen LogP contribution is -2.22. The molecule has 0 saturated heterocycles. The number of ether oxygens (including phenoxy) is 3. The molecule has 2 atom stereocenters. The van der Waals surface area contributed by atoms with Crippen molar-refractivity contribution in [2.75, 3.05) is 21.3 Å². The van der Waals surface area contributed by atoms with Crippen LogP contribution in [0.3, 0.4) is 0 Å². The summed E-state index contributed by atoms with van der Waals surface area (Å²) < 4.78 is 16.2. The molecule has 0 spiro atoms. The van der Waals surface area contributed by atoms with E-state index in [0.717, 1.165) is 23.0 Å². The third-order valence-electron chi connectivity index (χ3n) is 4.02. The number of hydrogen-bond acceptors (Lipinski definition) is 4. The van der Waals surface area contributed by atoms with Gasteiger partial charge in [0.1, 0.15) is 17.2 Å². The summed E-state index contributed by atoms with van der Waals surface area (Å²) in [6.45, 7) is 2.20. The second kappa shape index (κ2) is 5.70. The molecule has 2 rings (SSSR count). The van der Waals surface area contributed by atoms with Crippen LogP contribution < -0.4 is 19.9 Å². The van der Waals surface area contributed by atoms with Crippen molar-refractivity contribution >= 4 is 0 Å². The van der Waals surface area contributed by atoms with Crippen molar-refractivity contribution in [3.8, 4) is 17.2 Å². The molecule has 1 aromatic carbocycles. The first-order valence-electron chi connectivity index (χ1n) is 6.67. The minimum absolute atomic E-state index is 0.0803. The molecule has 4 heteroatoms. The lowest BCUT2D eigenvalue weighted by molar-refractivity contribution is 0.342. The van der Waals surface area contributed by atoms with Gasteiger partial charge in [-0.15, -0.1) is 0 Å². The first kappa shape index (κ1) is 14.0. The Balaban J connectivity index is 2.40. The average Bonchev–Trinajstić information content (AvgIpc) is 3.28. The third kappa shape index (κ3) is 2.78. The molecule has 2 N–H and O–H groups in total. The van der Waals surface area contributed by atoms with Crippen LogP contribution in [0.15, 0.2) is 12.1 Å². The van der Waals surface area contributed by atoms with Crippen LogP contribution in [0, 0.1) is 11.8 Å². The molecule has 1 aliphatic rings. The number of methoxy groups -OCH3 is 3. The maximum atomic E-state index is 6.42. The minimum atomic E-state index is -0.0803. The second-order valence-electron chi connectivity index (χ2n) is 5.17. The molecule has 19 heavy (non-hydrogen) atoms. The van der Waals surface area contributed by atoms with E-state index < -0.39 is 0 Å². The molecule has 1 fully saturated rings. The van der Waals surface area contributed by atoms with Crippen molar-refractivity contribution in [1.82, 2.24) is 0 Å². The number of nitrogens with two attached hydrogens (primary N) is 1. The van der Waals surface area contributed by atoms with Gasteiger partial charge in [0.25, 0.3) is 0 Å². The number of benzene rings is 1. The van der Waals surface area contributed by atoms with Gasteiger partial charge in [0.05, 0.1) is 26.9 Å². The summed E-state index contributed by atoms with van der Waals surface area (Å²) in [5, 5.41) is 0. The van der Waals surface area contributed by atoms with Gasteiger partial charge < -0.3 is 19.9 Å². The quantitative estimate of drug-likeness (QED) is 0.859. The fourth-order valence-corrected chi connectivity index (χ4v) is 2.54. The predicted molar refractivity (Wildman–Crippen MR) is 74.9 cm³/mol. The van der Waals surface area contributed by atoms with E-state index in [-0.39, 0.29) is 6.04 Å². The molecule has 0 amide bonds. The molecule has 2 unspecified atom stereocenters. The second-order valence-corrected chi connectivity index (χ2v) is 5.17. The molecular weight excluding hydrogens is 242 g/mol. The summed E-state index contributed by atoms with van der Waals surface area (Å²) >= 11 is 0. The van der Waals surface area contributed by atoms with Gasteiger partial charge >= 0.3 is 0 Å². The van der Waals surface area contributed by atoms with Gasteiger partial charge in [-0.2, -0.15) is 0 Å². The zero-order chi connectivity index (χ0) is 14.0. The zero-order valence-electron chi connectivity index (χ0n) is 12.1. The lowest BCUT2D eigenvalue weighted by atomic mass is 9.90. The van der Waals surface area contributed by atoms with Gasteiger partial charge in [-0.1, -0.05) is 6.92 Å². The number of hydrogen-bond donors (Lipinski definition) is 1. The highest BCUT2D eigenvalue weighted by molar-refractivity contribution is 5.52. The van der Waals surface area contributed by atoms with Crippen LogP contribution >= 0.6 is 0 Å². The van der Waals surface area contributed by atoms with Crippen LogP contribution in [0.5, 0.6) is 17.2 Å². The van der Waals surface area contributed by atoms with Crippen LogP contribution in [0.1, 0.15) is 31.4 Å². The van der Waals surface area contributed by atoms with Crippen LogP contribution in [0.2, 0.25) is 0 Å². The summed E-state index contributed by atoms with van der Waals surface area (Å²) in [6.07, 6.45) is 2.55. The van der Waals surface area contributed by atoms with E-state index >= 15 is 0 Å². The normalized spacial score (nSPS) is 17.7. The number of rotatable bonds is 6. The maximum absolute atomic E-state index is 6.42. The van der Waals surface area contributed by atoms with Crippen molar-refractivity contribution in [3.63, 3.8) is 0 Å². The molecule has 1 aliphatic carbocycles. The SMILES string of the molecule is COc1cc(OC)c(C(N)C(C)C2CC2)c(OC)c1. The van der Waals surface area contributed by atoms with Gasteiger partial charge in [-0.3, -0.25) is 0 Å². The van der Waals surface area contributed by atoms with E-state index in [1.54, 1.807) is 21.3 Å². The van der Waals surface area contributed by atoms with Crippen molar-refractivity contribution in [1.29, 1.82) is 0 Å². The van der Waals surface area contributed by atoms with Gasteiger partial charge in [-0.25, -0.2) is 0 Å². The van der Waals surface area contributed by atoms with Crippen molar-refractivity contribution in [3.05, 3.63) is 17.7 Å². The fraction of sp³-hybridized carbons (Fsp3) is 0.600. The molecule has 0 aliphatic heterocycles. The van der Waals surface area contributed by atoms with Gasteiger partial charge in [-0.05, 0) is 24.7 Å². The standard InChI is InChI=1S/C15H23NO3/c1-9(10-5-6-10)15(16)14-12(18-3)7-11(17-2)8-13(14)19-4/h7-10,15H,5-6,16H2,1-4H3. The van der Waals surface area contributed by atoms with E-state index in [0.29, 0.717) is 11.7 Å². The molecule has 4 nitrogen and oxygen atoms in total. The summed E-state index contributed by atoms with van der Waals surface area (Å²) in [5.41, 5.74) is 7.36. The third-order valence-corrected chi connectivity index (χ3v) is 4.02. The zero-order valence-corrected chi connectivity index (χ0v) is 12.1. The maximum Gasteiger partial charge on any atom is 0.131 e. The van der Waals surface area contributed by atoms with E-state index in [1.807, 2.05) is 12.1 Å². The monoisotopic (exact) mass is 265 g/mol. The lowest BCUT2D eigenvalue weighted by Gasteiger charge is -2.24. The Labute approximate surface area is 114 Å². The summed E-state index contributed by atoms with van der Waals surface area (Å²) in [4.78, 5) is 0. The van der Waals surface area contributed by atoms with Crippen molar-refractivity contribution in [2.24, 2.45) is 17.6 Å². The summed E-state index contributed by atoms with van der Waals surface area (Å²) in [7, 11) is 4.92. The Bertz CT molecular complexity index is 418. The van der Waals surface area contributed by atoms with Crippen LogP contribution in [-0.2, 0) is 0 Å². The minimum Gasteiger partial charge on any atom is -0.496 e. The highest BCUT2D eigenvalue weighted by atomic mass is 16.5. The first-order chi connectivity index (χ1) is 9.12. The first-order valence-corrected chi connectivity index (χ1v) is 6.67. The summed E-state index contributed by atoms with van der Waals surface area (Å²) in [5.74, 6) is 3.33. The molecule has 0 aromatic heterocycles. The topological polar surface area (TPSA) is 53.7 Å². The molecule has 1 saturated carbocycles. The van der Waals surface area contributed by atoms with E-state index in [9.17, 15) is 0 Å². The molecule has 0 heterocycles. The smallest absolute Gasteiger partial charge is 0.131 e. The Morgan fingerprint density at radius 1 is 1.05 bits per heavy atom. The highest BCUT2D eigenvalue weighted by Gasteiger charge is 2.34. The molecular formula is C15H23NO3. The fourth-order valence-electron chi connectivity index (χ4n) is 2.54. The van der Waals surface area contributed by atoms with Crippen LogP contribution in [0.25, 0.3) is 0 Å². The Morgan fingerprint density at radius 2 is 1.58 bits per heavy atom. The van der Waals surface area contributed by atoms with E-state index in [4.69, 9.17) is 19.9 Å². The van der Waals surface area contributed by atoms with Crippen molar-refractivity contribution in [2.45, 2.75) is 25.8 Å². The Hall–Kier alpha value is -1.42. The average molecular weight is 265 g/mol. The van der Waals surface area contributed by atoms with E-state index in [2.05, 4.69) is 6.92 Å². The van der Waals surface area contributed by atoms with Crippen LogP contribution in [0.4, 0.5) is 0 Å². The molecule has 106 valence electrons. The molecule has 1 aromatic rings. The summed E-state index contributed by atoms with van der Waals surface area (Å²) in [6, 6.07) is 3.64. The van der Waals surface area contributed by atoms with Gasteiger partial charge in [0, 0.05) is 18.2 Å². The highest BCUT2D eigenvalue weighted by Crippen LogP contribution is 2.46. The van der Waals surface area contributed by atoms with Crippen LogP contribution in [-0.4, -0.2) is 21.3 Å². The largest absolute Gasteiger partial charge is 0.496 e. The van der Waals surface area contributed by atoms with Gasteiger partial charge in [0.2, 0.25) is 0 Å². The molecule has 0 radical (unpaired) electrons. The Kier molecular flexibility index (Phi) is 4.20. The Morgan fingerprint density at radius 3 is 1.95 bits per heavy atom. The van der Waals surface area contributed by atoms with E-state index in [1.165, 1.54) is 12.8 Å². The molecule has 0 bridgehead atoms.